The zero-order valence-electron chi connectivity index (χ0n) is 22.2. The average Bonchev–Trinajstić information content (AvgIpc) is 3.53. The van der Waals surface area contributed by atoms with E-state index in [2.05, 4.69) is 10.6 Å². The Morgan fingerprint density at radius 2 is 1.72 bits per heavy atom. The van der Waals surface area contributed by atoms with Crippen molar-refractivity contribution >= 4 is 23.6 Å². The third-order valence-electron chi connectivity index (χ3n) is 6.32. The van der Waals surface area contributed by atoms with Gasteiger partial charge in [-0.25, -0.2) is 4.79 Å². The van der Waals surface area contributed by atoms with Gasteiger partial charge in [0.1, 0.15) is 23.9 Å². The Labute approximate surface area is 213 Å². The summed E-state index contributed by atoms with van der Waals surface area (Å²) in [6.45, 7) is 11.0. The molecule has 2 aromatic rings. The first kappa shape index (κ1) is 27.0. The van der Waals surface area contributed by atoms with Gasteiger partial charge in [0.25, 0.3) is 5.91 Å². The second-order valence-electron chi connectivity index (χ2n) is 10.3. The van der Waals surface area contributed by atoms with Crippen molar-refractivity contribution in [1.82, 2.24) is 10.2 Å². The van der Waals surface area contributed by atoms with Gasteiger partial charge < -0.3 is 25.0 Å². The molecule has 36 heavy (non-hydrogen) atoms. The zero-order valence-corrected chi connectivity index (χ0v) is 22.2. The summed E-state index contributed by atoms with van der Waals surface area (Å²) in [5.41, 5.74) is 2.64. The molecule has 2 N–H and O–H groups in total. The highest BCUT2D eigenvalue weighted by atomic mass is 16.6. The SMILES string of the molecule is COc1ccc(NC(=O)C(c2cccc(C)c2C)N(C(=O)CNC(=O)OC(C)(C)C)C2CC2C)cc1. The van der Waals surface area contributed by atoms with E-state index in [9.17, 15) is 14.4 Å². The molecule has 1 aliphatic carbocycles. The Morgan fingerprint density at radius 1 is 1.08 bits per heavy atom. The van der Waals surface area contributed by atoms with E-state index in [0.717, 1.165) is 23.1 Å². The summed E-state index contributed by atoms with van der Waals surface area (Å²) in [6.07, 6.45) is 0.112. The first-order valence-corrected chi connectivity index (χ1v) is 12.2. The molecule has 3 amide bonds. The molecule has 0 radical (unpaired) electrons. The number of ether oxygens (including phenoxy) is 2. The van der Waals surface area contributed by atoms with Crippen molar-refractivity contribution in [3.05, 3.63) is 59.2 Å². The molecule has 1 saturated carbocycles. The summed E-state index contributed by atoms with van der Waals surface area (Å²) in [5.74, 6) is 0.261. The molecular formula is C28H37N3O5. The second-order valence-corrected chi connectivity index (χ2v) is 10.3. The van der Waals surface area contributed by atoms with Crippen LogP contribution in [0.5, 0.6) is 5.75 Å². The number of nitrogens with zero attached hydrogens (tertiary/aromatic N) is 1. The summed E-state index contributed by atoms with van der Waals surface area (Å²) < 4.78 is 10.5. The molecule has 1 fully saturated rings. The lowest BCUT2D eigenvalue weighted by atomic mass is 9.95. The number of anilines is 1. The van der Waals surface area contributed by atoms with Crippen LogP contribution < -0.4 is 15.4 Å². The lowest BCUT2D eigenvalue weighted by Gasteiger charge is -2.33. The quantitative estimate of drug-likeness (QED) is 0.551. The van der Waals surface area contributed by atoms with Gasteiger partial charge in [-0.15, -0.1) is 0 Å². The highest BCUT2D eigenvalue weighted by Gasteiger charge is 2.46. The zero-order chi connectivity index (χ0) is 26.6. The van der Waals surface area contributed by atoms with Gasteiger partial charge in [-0.3, -0.25) is 9.59 Å². The molecule has 0 aliphatic heterocycles. The minimum Gasteiger partial charge on any atom is -0.497 e. The lowest BCUT2D eigenvalue weighted by molar-refractivity contribution is -0.139. The van der Waals surface area contributed by atoms with E-state index in [1.54, 1.807) is 57.0 Å². The van der Waals surface area contributed by atoms with Gasteiger partial charge in [0, 0.05) is 11.7 Å². The molecular weight excluding hydrogens is 458 g/mol. The Kier molecular flexibility index (Phi) is 8.28. The van der Waals surface area contributed by atoms with Gasteiger partial charge in [-0.1, -0.05) is 25.1 Å². The summed E-state index contributed by atoms with van der Waals surface area (Å²) in [5, 5.41) is 5.52. The third kappa shape index (κ3) is 6.77. The predicted molar refractivity (Wildman–Crippen MR) is 139 cm³/mol. The molecule has 0 saturated heterocycles. The van der Waals surface area contributed by atoms with Crippen LogP contribution in [0, 0.1) is 19.8 Å². The predicted octanol–water partition coefficient (Wildman–Crippen LogP) is 4.75. The molecule has 3 atom stereocenters. The number of amides is 3. The highest BCUT2D eigenvalue weighted by molar-refractivity contribution is 5.99. The fourth-order valence-electron chi connectivity index (χ4n) is 4.14. The second kappa shape index (κ2) is 11.0. The maximum absolute atomic E-state index is 13.8. The van der Waals surface area contributed by atoms with E-state index < -0.39 is 17.7 Å². The van der Waals surface area contributed by atoms with Gasteiger partial charge in [-0.2, -0.15) is 0 Å². The van der Waals surface area contributed by atoms with Crippen LogP contribution in [0.25, 0.3) is 0 Å². The molecule has 3 unspecified atom stereocenters. The topological polar surface area (TPSA) is 97.0 Å². The highest BCUT2D eigenvalue weighted by Crippen LogP contribution is 2.41. The van der Waals surface area contributed by atoms with Crippen LogP contribution in [0.3, 0.4) is 0 Å². The van der Waals surface area contributed by atoms with Crippen molar-refractivity contribution in [1.29, 1.82) is 0 Å². The van der Waals surface area contributed by atoms with Crippen LogP contribution in [0.2, 0.25) is 0 Å². The Hall–Kier alpha value is -3.55. The van der Waals surface area contributed by atoms with E-state index >= 15 is 0 Å². The molecule has 8 heteroatoms. The molecule has 0 heterocycles. The maximum atomic E-state index is 13.8. The first-order valence-electron chi connectivity index (χ1n) is 12.2. The van der Waals surface area contributed by atoms with Crippen molar-refractivity contribution in [3.8, 4) is 5.75 Å². The normalized spacial score (nSPS) is 17.5. The van der Waals surface area contributed by atoms with Crippen molar-refractivity contribution in [2.24, 2.45) is 5.92 Å². The standard InChI is InChI=1S/C28H37N3O5/c1-17-9-8-10-22(19(17)3)25(26(33)30-20-11-13-21(35-7)14-12-20)31(23-15-18(23)2)24(32)16-29-27(34)36-28(4,5)6/h8-14,18,23,25H,15-16H2,1-7H3,(H,29,34)(H,30,33). The molecule has 0 spiro atoms. The Bertz CT molecular complexity index is 1110. The number of aryl methyl sites for hydroxylation is 1. The molecule has 0 bridgehead atoms. The van der Waals surface area contributed by atoms with Crippen molar-refractivity contribution in [2.45, 2.75) is 65.6 Å². The minimum atomic E-state index is -0.866. The van der Waals surface area contributed by atoms with E-state index in [1.165, 1.54) is 0 Å². The minimum absolute atomic E-state index is 0.107. The Balaban J connectivity index is 1.93. The number of nitrogens with one attached hydrogen (secondary N) is 2. The van der Waals surface area contributed by atoms with Crippen LogP contribution in [0.15, 0.2) is 42.5 Å². The third-order valence-corrected chi connectivity index (χ3v) is 6.32. The number of carbonyl (C=O) groups is 3. The summed E-state index contributed by atoms with van der Waals surface area (Å²) in [4.78, 5) is 41.2. The van der Waals surface area contributed by atoms with Crippen molar-refractivity contribution < 1.29 is 23.9 Å². The van der Waals surface area contributed by atoms with Crippen LogP contribution >= 0.6 is 0 Å². The van der Waals surface area contributed by atoms with Crippen LogP contribution in [0.1, 0.15) is 56.8 Å². The van der Waals surface area contributed by atoms with Crippen molar-refractivity contribution in [3.63, 3.8) is 0 Å². The van der Waals surface area contributed by atoms with Gasteiger partial charge in [-0.05, 0) is 87.9 Å². The summed E-state index contributed by atoms with van der Waals surface area (Å²) >= 11 is 0. The summed E-state index contributed by atoms with van der Waals surface area (Å²) in [7, 11) is 1.58. The van der Waals surface area contributed by atoms with Crippen molar-refractivity contribution in [2.75, 3.05) is 19.0 Å². The van der Waals surface area contributed by atoms with E-state index in [-0.39, 0.29) is 30.3 Å². The first-order chi connectivity index (χ1) is 16.9. The van der Waals surface area contributed by atoms with Crippen LogP contribution in [0.4, 0.5) is 10.5 Å². The number of carbonyl (C=O) groups excluding carboxylic acids is 3. The molecule has 194 valence electrons. The van der Waals surface area contributed by atoms with Crippen LogP contribution in [-0.4, -0.2) is 48.1 Å². The van der Waals surface area contributed by atoms with Gasteiger partial charge in [0.15, 0.2) is 0 Å². The molecule has 8 nitrogen and oxygen atoms in total. The van der Waals surface area contributed by atoms with Crippen LogP contribution in [-0.2, 0) is 14.3 Å². The Morgan fingerprint density at radius 3 is 2.28 bits per heavy atom. The smallest absolute Gasteiger partial charge is 0.408 e. The van der Waals surface area contributed by atoms with E-state index in [4.69, 9.17) is 9.47 Å². The monoisotopic (exact) mass is 495 g/mol. The molecule has 3 rings (SSSR count). The molecule has 1 aliphatic rings. The number of rotatable bonds is 8. The number of methoxy groups -OCH3 is 1. The number of alkyl carbamates (subject to hydrolysis) is 1. The van der Waals surface area contributed by atoms with Gasteiger partial charge in [0.2, 0.25) is 5.91 Å². The number of hydrogen-bond donors (Lipinski definition) is 2. The number of benzene rings is 2. The fourth-order valence-corrected chi connectivity index (χ4v) is 4.14. The fraction of sp³-hybridized carbons (Fsp3) is 0.464. The maximum Gasteiger partial charge on any atom is 0.408 e. The molecule has 0 aromatic heterocycles. The van der Waals surface area contributed by atoms with Gasteiger partial charge in [0.05, 0.1) is 7.11 Å². The van der Waals surface area contributed by atoms with Gasteiger partial charge >= 0.3 is 6.09 Å². The average molecular weight is 496 g/mol. The molecule has 2 aromatic carbocycles. The summed E-state index contributed by atoms with van der Waals surface area (Å²) in [6, 6.07) is 11.8. The number of hydrogen-bond acceptors (Lipinski definition) is 5. The van der Waals surface area contributed by atoms with E-state index in [0.29, 0.717) is 11.4 Å². The lowest BCUT2D eigenvalue weighted by Crippen LogP contribution is -2.48. The largest absolute Gasteiger partial charge is 0.497 e. The van der Waals surface area contributed by atoms with E-state index in [1.807, 2.05) is 39.0 Å².